The third kappa shape index (κ3) is 3.71. The van der Waals surface area contributed by atoms with Crippen LogP contribution in [0.2, 0.25) is 0 Å². The quantitative estimate of drug-likeness (QED) is 0.747. The average Bonchev–Trinajstić information content (AvgIpc) is 3.02. The summed E-state index contributed by atoms with van der Waals surface area (Å²) in [6, 6.07) is 14.4. The third-order valence-electron chi connectivity index (χ3n) is 3.64. The van der Waals surface area contributed by atoms with Gasteiger partial charge in [-0.15, -0.1) is 0 Å². The Kier molecular flexibility index (Phi) is 4.59. The Balaban J connectivity index is 2.08. The van der Waals surface area contributed by atoms with Gasteiger partial charge in [0.15, 0.2) is 0 Å². The average molecular weight is 359 g/mol. The van der Waals surface area contributed by atoms with Crippen molar-refractivity contribution in [2.45, 2.75) is 24.8 Å². The summed E-state index contributed by atoms with van der Waals surface area (Å²) in [5.41, 5.74) is 1.22. The lowest BCUT2D eigenvalue weighted by molar-refractivity contribution is 0.532. The maximum Gasteiger partial charge on any atom is 0.265 e. The van der Waals surface area contributed by atoms with Crippen molar-refractivity contribution in [2.75, 3.05) is 4.72 Å². The molecule has 0 fully saturated rings. The maximum atomic E-state index is 13.3. The first-order chi connectivity index (χ1) is 11.9. The second kappa shape index (κ2) is 6.68. The van der Waals surface area contributed by atoms with Crippen LogP contribution in [0.15, 0.2) is 65.7 Å². The van der Waals surface area contributed by atoms with Crippen LogP contribution in [-0.4, -0.2) is 18.2 Å². The molecule has 0 spiro atoms. The highest BCUT2D eigenvalue weighted by Gasteiger charge is 2.24. The fourth-order valence-corrected chi connectivity index (χ4v) is 3.60. The van der Waals surface area contributed by atoms with Crippen LogP contribution in [0.25, 0.3) is 11.3 Å². The lowest BCUT2D eigenvalue weighted by atomic mass is 10.2. The second-order valence-corrected chi connectivity index (χ2v) is 7.55. The molecule has 3 aromatic rings. The van der Waals surface area contributed by atoms with Crippen molar-refractivity contribution in [3.63, 3.8) is 0 Å². The molecule has 0 atom stereocenters. The van der Waals surface area contributed by atoms with E-state index in [-0.39, 0.29) is 16.6 Å². The molecule has 0 aliphatic rings. The van der Waals surface area contributed by atoms with E-state index in [9.17, 15) is 12.8 Å². The monoisotopic (exact) mass is 359 g/mol. The molecule has 0 radical (unpaired) electrons. The predicted octanol–water partition coefficient (Wildman–Crippen LogP) is 4.07. The van der Waals surface area contributed by atoms with E-state index in [0.29, 0.717) is 11.3 Å². The Hall–Kier alpha value is -2.67. The van der Waals surface area contributed by atoms with Crippen LogP contribution in [0, 0.1) is 5.82 Å². The number of benzene rings is 2. The zero-order valence-corrected chi connectivity index (χ0v) is 14.7. The molecule has 1 aromatic heterocycles. The second-order valence-electron chi connectivity index (χ2n) is 5.90. The Morgan fingerprint density at radius 2 is 1.80 bits per heavy atom. The van der Waals surface area contributed by atoms with Gasteiger partial charge in [0.05, 0.1) is 5.69 Å². The first-order valence-electron chi connectivity index (χ1n) is 7.80. The molecule has 130 valence electrons. The zero-order valence-electron chi connectivity index (χ0n) is 13.8. The summed E-state index contributed by atoms with van der Waals surface area (Å²) in [6.07, 6.45) is 1.49. The van der Waals surface area contributed by atoms with Gasteiger partial charge < -0.3 is 0 Å². The standard InChI is InChI=1S/C18H18FN3O2S/c1-13(2)22-12-17(18(20-22)14-7-4-3-5-8-14)25(23,24)21-16-10-6-9-15(19)11-16/h3-13,21H,1-2H3. The summed E-state index contributed by atoms with van der Waals surface area (Å²) in [6.45, 7) is 3.83. The lowest BCUT2D eigenvalue weighted by Crippen LogP contribution is -2.13. The van der Waals surface area contributed by atoms with E-state index in [4.69, 9.17) is 0 Å². The van der Waals surface area contributed by atoms with E-state index in [0.717, 1.165) is 6.07 Å². The number of nitrogens with zero attached hydrogens (tertiary/aromatic N) is 2. The third-order valence-corrected chi connectivity index (χ3v) is 5.02. The van der Waals surface area contributed by atoms with E-state index in [1.165, 1.54) is 24.4 Å². The minimum absolute atomic E-state index is 0.000539. The Morgan fingerprint density at radius 1 is 1.08 bits per heavy atom. The highest BCUT2D eigenvalue weighted by atomic mass is 32.2. The van der Waals surface area contributed by atoms with Gasteiger partial charge in [0.25, 0.3) is 10.0 Å². The van der Waals surface area contributed by atoms with Gasteiger partial charge in [0, 0.05) is 17.8 Å². The van der Waals surface area contributed by atoms with Crippen molar-refractivity contribution in [3.05, 3.63) is 66.6 Å². The van der Waals surface area contributed by atoms with Crippen LogP contribution in [0.1, 0.15) is 19.9 Å². The van der Waals surface area contributed by atoms with Crippen molar-refractivity contribution < 1.29 is 12.8 Å². The van der Waals surface area contributed by atoms with Gasteiger partial charge in [-0.3, -0.25) is 9.40 Å². The molecule has 0 bridgehead atoms. The minimum Gasteiger partial charge on any atom is -0.279 e. The lowest BCUT2D eigenvalue weighted by Gasteiger charge is -2.08. The zero-order chi connectivity index (χ0) is 18.0. The number of rotatable bonds is 5. The van der Waals surface area contributed by atoms with Crippen molar-refractivity contribution in [1.29, 1.82) is 0 Å². The van der Waals surface area contributed by atoms with Crippen molar-refractivity contribution in [3.8, 4) is 11.3 Å². The molecule has 25 heavy (non-hydrogen) atoms. The van der Waals surface area contributed by atoms with Crippen LogP contribution in [0.4, 0.5) is 10.1 Å². The molecule has 0 amide bonds. The largest absolute Gasteiger partial charge is 0.279 e. The number of hydrogen-bond acceptors (Lipinski definition) is 3. The highest BCUT2D eigenvalue weighted by molar-refractivity contribution is 7.92. The Labute approximate surface area is 146 Å². The first-order valence-corrected chi connectivity index (χ1v) is 9.28. The molecular formula is C18H18FN3O2S. The maximum absolute atomic E-state index is 13.3. The summed E-state index contributed by atoms with van der Waals surface area (Å²) < 4.78 is 43.1. The van der Waals surface area contributed by atoms with Crippen molar-refractivity contribution >= 4 is 15.7 Å². The number of nitrogens with one attached hydrogen (secondary N) is 1. The van der Waals surface area contributed by atoms with E-state index >= 15 is 0 Å². The van der Waals surface area contributed by atoms with Crippen LogP contribution < -0.4 is 4.72 Å². The SMILES string of the molecule is CC(C)n1cc(S(=O)(=O)Nc2cccc(F)c2)c(-c2ccccc2)n1. The van der Waals surface area contributed by atoms with E-state index < -0.39 is 15.8 Å². The van der Waals surface area contributed by atoms with Crippen molar-refractivity contribution in [1.82, 2.24) is 9.78 Å². The molecule has 5 nitrogen and oxygen atoms in total. The van der Waals surface area contributed by atoms with Gasteiger partial charge >= 0.3 is 0 Å². The smallest absolute Gasteiger partial charge is 0.265 e. The number of hydrogen-bond donors (Lipinski definition) is 1. The first kappa shape index (κ1) is 17.2. The van der Waals surface area contributed by atoms with E-state index in [1.807, 2.05) is 32.0 Å². The summed E-state index contributed by atoms with van der Waals surface area (Å²) in [5, 5.41) is 4.43. The molecule has 1 N–H and O–H groups in total. The minimum atomic E-state index is -3.92. The molecule has 7 heteroatoms. The molecule has 3 rings (SSSR count). The van der Waals surface area contributed by atoms with Gasteiger partial charge in [-0.25, -0.2) is 12.8 Å². The van der Waals surface area contributed by atoms with Crippen LogP contribution in [0.5, 0.6) is 0 Å². The Morgan fingerprint density at radius 3 is 2.44 bits per heavy atom. The molecule has 0 unspecified atom stereocenters. The molecular weight excluding hydrogens is 341 g/mol. The molecule has 2 aromatic carbocycles. The van der Waals surface area contributed by atoms with Gasteiger partial charge in [0.1, 0.15) is 16.4 Å². The topological polar surface area (TPSA) is 64.0 Å². The Bertz CT molecular complexity index is 983. The number of anilines is 1. The van der Waals surface area contributed by atoms with Crippen LogP contribution >= 0.6 is 0 Å². The van der Waals surface area contributed by atoms with Crippen LogP contribution in [0.3, 0.4) is 0 Å². The van der Waals surface area contributed by atoms with Crippen molar-refractivity contribution in [2.24, 2.45) is 0 Å². The van der Waals surface area contributed by atoms with E-state index in [1.54, 1.807) is 16.8 Å². The van der Waals surface area contributed by atoms with Gasteiger partial charge in [-0.1, -0.05) is 36.4 Å². The summed E-state index contributed by atoms with van der Waals surface area (Å²) >= 11 is 0. The molecule has 0 aliphatic carbocycles. The predicted molar refractivity (Wildman–Crippen MR) is 95.3 cm³/mol. The molecule has 0 saturated heterocycles. The van der Waals surface area contributed by atoms with E-state index in [2.05, 4.69) is 9.82 Å². The van der Waals surface area contributed by atoms with Gasteiger partial charge in [-0.2, -0.15) is 5.10 Å². The summed E-state index contributed by atoms with van der Waals surface area (Å²) in [5.74, 6) is -0.513. The summed E-state index contributed by atoms with van der Waals surface area (Å²) in [4.78, 5) is 0.0525. The fourth-order valence-electron chi connectivity index (χ4n) is 2.39. The molecule has 0 saturated carbocycles. The van der Waals surface area contributed by atoms with Gasteiger partial charge in [0.2, 0.25) is 0 Å². The van der Waals surface area contributed by atoms with Crippen LogP contribution in [-0.2, 0) is 10.0 Å². The van der Waals surface area contributed by atoms with Gasteiger partial charge in [-0.05, 0) is 32.0 Å². The fraction of sp³-hybridized carbons (Fsp3) is 0.167. The molecule has 0 aliphatic heterocycles. The number of sulfonamides is 1. The normalized spacial score (nSPS) is 11.7. The summed E-state index contributed by atoms with van der Waals surface area (Å²) in [7, 11) is -3.92. The highest BCUT2D eigenvalue weighted by Crippen LogP contribution is 2.28. The number of halogens is 1. The molecule has 1 heterocycles. The number of aromatic nitrogens is 2.